The van der Waals surface area contributed by atoms with E-state index in [0.717, 1.165) is 6.42 Å². The number of aryl methyl sites for hydroxylation is 1. The number of benzene rings is 1. The van der Waals surface area contributed by atoms with Gasteiger partial charge in [-0.3, -0.25) is 4.79 Å². The number of hydrogen-bond donors (Lipinski definition) is 2. The Labute approximate surface area is 129 Å². The van der Waals surface area contributed by atoms with Gasteiger partial charge in [-0.1, -0.05) is 32.4 Å². The number of para-hydroxylation sites is 1. The van der Waals surface area contributed by atoms with Crippen LogP contribution in [0.1, 0.15) is 36.5 Å². The SMILES string of the molecule is CC[C@@H](C)[C@@H](CO)NC(=O)c1ccccc1-n1nnnc1C. The Bertz CT molecular complexity index is 640. The van der Waals surface area contributed by atoms with Crippen molar-refractivity contribution >= 4 is 5.91 Å². The molecule has 0 unspecified atom stereocenters. The molecule has 2 rings (SSSR count). The first kappa shape index (κ1) is 16.1. The second-order valence-electron chi connectivity index (χ2n) is 5.30. The van der Waals surface area contributed by atoms with Gasteiger partial charge in [0.25, 0.3) is 5.91 Å². The third-order valence-corrected chi connectivity index (χ3v) is 3.85. The van der Waals surface area contributed by atoms with Crippen LogP contribution in [0.3, 0.4) is 0 Å². The van der Waals surface area contributed by atoms with Crippen LogP contribution >= 0.6 is 0 Å². The molecule has 0 saturated heterocycles. The van der Waals surface area contributed by atoms with E-state index in [1.165, 1.54) is 4.68 Å². The van der Waals surface area contributed by atoms with Crippen LogP contribution in [0.15, 0.2) is 24.3 Å². The Morgan fingerprint density at radius 1 is 1.41 bits per heavy atom. The summed E-state index contributed by atoms with van der Waals surface area (Å²) in [6, 6.07) is 6.84. The molecule has 0 bridgehead atoms. The first-order valence-corrected chi connectivity index (χ1v) is 7.34. The minimum Gasteiger partial charge on any atom is -0.394 e. The van der Waals surface area contributed by atoms with Crippen molar-refractivity contribution in [2.45, 2.75) is 33.2 Å². The number of tetrazole rings is 1. The molecule has 1 aromatic heterocycles. The fraction of sp³-hybridized carbons (Fsp3) is 0.467. The molecule has 2 atom stereocenters. The van der Waals surface area contributed by atoms with E-state index in [2.05, 4.69) is 20.8 Å². The first-order valence-electron chi connectivity index (χ1n) is 7.34. The minimum atomic E-state index is -0.277. The molecule has 0 aliphatic heterocycles. The Morgan fingerprint density at radius 3 is 2.73 bits per heavy atom. The van der Waals surface area contributed by atoms with Crippen molar-refractivity contribution in [3.63, 3.8) is 0 Å². The first-order chi connectivity index (χ1) is 10.6. The zero-order valence-corrected chi connectivity index (χ0v) is 13.0. The van der Waals surface area contributed by atoms with Crippen molar-refractivity contribution in [3.8, 4) is 5.69 Å². The summed E-state index contributed by atoms with van der Waals surface area (Å²) in [5, 5.41) is 23.7. The van der Waals surface area contributed by atoms with Crippen LogP contribution in [-0.4, -0.2) is 43.9 Å². The maximum absolute atomic E-state index is 12.6. The van der Waals surface area contributed by atoms with Gasteiger partial charge in [-0.2, -0.15) is 4.68 Å². The van der Waals surface area contributed by atoms with Crippen molar-refractivity contribution in [1.29, 1.82) is 0 Å². The summed E-state index contributed by atoms with van der Waals surface area (Å²) in [6.07, 6.45) is 0.874. The van der Waals surface area contributed by atoms with E-state index in [0.29, 0.717) is 17.1 Å². The number of hydrogen-bond acceptors (Lipinski definition) is 5. The Kier molecular flexibility index (Phi) is 5.21. The van der Waals surface area contributed by atoms with Gasteiger partial charge in [-0.25, -0.2) is 0 Å². The van der Waals surface area contributed by atoms with Crippen molar-refractivity contribution in [2.24, 2.45) is 5.92 Å². The highest BCUT2D eigenvalue weighted by atomic mass is 16.3. The lowest BCUT2D eigenvalue weighted by Crippen LogP contribution is -2.42. The number of carbonyl (C=O) groups is 1. The van der Waals surface area contributed by atoms with Gasteiger partial charge in [0.15, 0.2) is 5.82 Å². The van der Waals surface area contributed by atoms with Crippen LogP contribution in [0.2, 0.25) is 0 Å². The fourth-order valence-electron chi connectivity index (χ4n) is 2.20. The fourth-order valence-corrected chi connectivity index (χ4v) is 2.20. The molecular formula is C15H21N5O2. The third-order valence-electron chi connectivity index (χ3n) is 3.85. The highest BCUT2D eigenvalue weighted by molar-refractivity contribution is 5.97. The van der Waals surface area contributed by atoms with Gasteiger partial charge in [0.2, 0.25) is 0 Å². The lowest BCUT2D eigenvalue weighted by molar-refractivity contribution is 0.0891. The average Bonchev–Trinajstić information content (AvgIpc) is 2.97. The van der Waals surface area contributed by atoms with Crippen LogP contribution < -0.4 is 5.32 Å². The van der Waals surface area contributed by atoms with Gasteiger partial charge in [0, 0.05) is 0 Å². The largest absolute Gasteiger partial charge is 0.394 e. The van der Waals surface area contributed by atoms with Crippen LogP contribution in [0.25, 0.3) is 5.69 Å². The highest BCUT2D eigenvalue weighted by Crippen LogP contribution is 2.15. The predicted octanol–water partition coefficient (Wildman–Crippen LogP) is 1.11. The van der Waals surface area contributed by atoms with Crippen molar-refractivity contribution < 1.29 is 9.90 Å². The molecule has 0 aliphatic carbocycles. The summed E-state index contributed by atoms with van der Waals surface area (Å²) < 4.78 is 1.52. The van der Waals surface area contributed by atoms with Crippen LogP contribution in [-0.2, 0) is 0 Å². The van der Waals surface area contributed by atoms with E-state index >= 15 is 0 Å². The van der Waals surface area contributed by atoms with E-state index < -0.39 is 0 Å². The quantitative estimate of drug-likeness (QED) is 0.834. The Morgan fingerprint density at radius 2 is 2.14 bits per heavy atom. The molecule has 7 nitrogen and oxygen atoms in total. The van der Waals surface area contributed by atoms with Gasteiger partial charge in [-0.15, -0.1) is 5.10 Å². The van der Waals surface area contributed by atoms with E-state index in [1.54, 1.807) is 25.1 Å². The van der Waals surface area contributed by atoms with Gasteiger partial charge >= 0.3 is 0 Å². The summed E-state index contributed by atoms with van der Waals surface area (Å²) >= 11 is 0. The molecule has 1 heterocycles. The minimum absolute atomic E-state index is 0.0905. The molecular weight excluding hydrogens is 282 g/mol. The van der Waals surface area contributed by atoms with Gasteiger partial charge in [0.1, 0.15) is 0 Å². The molecule has 2 N–H and O–H groups in total. The summed E-state index contributed by atoms with van der Waals surface area (Å²) in [4.78, 5) is 12.6. The lowest BCUT2D eigenvalue weighted by atomic mass is 9.99. The topological polar surface area (TPSA) is 92.9 Å². The van der Waals surface area contributed by atoms with Crippen molar-refractivity contribution in [3.05, 3.63) is 35.7 Å². The Hall–Kier alpha value is -2.28. The molecule has 1 aromatic carbocycles. The number of carbonyl (C=O) groups excluding carboxylic acids is 1. The van der Waals surface area contributed by atoms with E-state index in [9.17, 15) is 9.90 Å². The molecule has 0 radical (unpaired) electrons. The van der Waals surface area contributed by atoms with Gasteiger partial charge in [-0.05, 0) is 35.4 Å². The maximum Gasteiger partial charge on any atom is 0.253 e. The summed E-state index contributed by atoms with van der Waals surface area (Å²) in [5.74, 6) is 0.543. The molecule has 0 spiro atoms. The Balaban J connectivity index is 2.29. The molecule has 2 aromatic rings. The third kappa shape index (κ3) is 3.30. The predicted molar refractivity (Wildman–Crippen MR) is 81.7 cm³/mol. The number of aromatic nitrogens is 4. The highest BCUT2D eigenvalue weighted by Gasteiger charge is 2.21. The smallest absolute Gasteiger partial charge is 0.253 e. The van der Waals surface area contributed by atoms with Gasteiger partial charge < -0.3 is 10.4 Å². The average molecular weight is 303 g/mol. The second-order valence-corrected chi connectivity index (χ2v) is 5.30. The summed E-state index contributed by atoms with van der Waals surface area (Å²) in [7, 11) is 0. The molecule has 7 heteroatoms. The second kappa shape index (κ2) is 7.13. The molecule has 0 aliphatic rings. The van der Waals surface area contributed by atoms with Crippen molar-refractivity contribution in [1.82, 2.24) is 25.5 Å². The zero-order chi connectivity index (χ0) is 16.1. The summed E-state index contributed by atoms with van der Waals surface area (Å²) in [5.41, 5.74) is 1.09. The normalized spacial score (nSPS) is 13.6. The number of nitrogens with one attached hydrogen (secondary N) is 1. The number of aliphatic hydroxyl groups excluding tert-OH is 1. The van der Waals surface area contributed by atoms with E-state index in [-0.39, 0.29) is 24.5 Å². The van der Waals surface area contributed by atoms with Gasteiger partial charge in [0.05, 0.1) is 23.9 Å². The number of nitrogens with zero attached hydrogens (tertiary/aromatic N) is 4. The zero-order valence-electron chi connectivity index (χ0n) is 13.0. The standard InChI is InChI=1S/C15H21N5O2/c1-4-10(2)13(9-21)16-15(22)12-7-5-6-8-14(12)20-11(3)17-18-19-20/h5-8,10,13,21H,4,9H2,1-3H3,(H,16,22)/t10-,13-/m1/s1. The van der Waals surface area contributed by atoms with Crippen LogP contribution in [0.4, 0.5) is 0 Å². The molecule has 118 valence electrons. The van der Waals surface area contributed by atoms with E-state index in [4.69, 9.17) is 0 Å². The molecule has 1 amide bonds. The van der Waals surface area contributed by atoms with Crippen LogP contribution in [0.5, 0.6) is 0 Å². The number of aliphatic hydroxyl groups is 1. The molecule has 22 heavy (non-hydrogen) atoms. The molecule has 0 fully saturated rings. The van der Waals surface area contributed by atoms with E-state index in [1.807, 2.05) is 19.9 Å². The summed E-state index contributed by atoms with van der Waals surface area (Å²) in [6.45, 7) is 5.70. The lowest BCUT2D eigenvalue weighted by Gasteiger charge is -2.22. The van der Waals surface area contributed by atoms with Crippen molar-refractivity contribution in [2.75, 3.05) is 6.61 Å². The molecule has 0 saturated carbocycles. The number of rotatable bonds is 6. The maximum atomic E-state index is 12.6. The van der Waals surface area contributed by atoms with Crippen LogP contribution in [0, 0.1) is 12.8 Å². The number of amides is 1. The monoisotopic (exact) mass is 303 g/mol.